The first kappa shape index (κ1) is 15.3. The summed E-state index contributed by atoms with van der Waals surface area (Å²) in [5.41, 5.74) is 3.51. The highest BCUT2D eigenvalue weighted by molar-refractivity contribution is 5.94. The van der Waals surface area contributed by atoms with E-state index in [2.05, 4.69) is 16.0 Å². The summed E-state index contributed by atoms with van der Waals surface area (Å²) in [4.78, 5) is 19.0. The van der Waals surface area contributed by atoms with Crippen LogP contribution in [0.4, 0.5) is 5.69 Å². The van der Waals surface area contributed by atoms with Crippen LogP contribution in [0.3, 0.4) is 0 Å². The van der Waals surface area contributed by atoms with Crippen molar-refractivity contribution in [1.29, 1.82) is 0 Å². The van der Waals surface area contributed by atoms with Gasteiger partial charge in [0.1, 0.15) is 0 Å². The zero-order valence-corrected chi connectivity index (χ0v) is 13.9. The zero-order chi connectivity index (χ0) is 16.6. The van der Waals surface area contributed by atoms with E-state index in [1.165, 1.54) is 0 Å². The molecule has 0 aliphatic rings. The van der Waals surface area contributed by atoms with Gasteiger partial charge in [0, 0.05) is 36.8 Å². The smallest absolute Gasteiger partial charge is 0.348 e. The molecular formula is C19H21N3O. The standard InChI is InChI=1S/C19H21N3O/c1-13(2)22-17-11-10-15(21(3)4)12-16(17)18(20-19(22)23)14-8-6-5-7-9-14/h5-13H,1-4H3. The van der Waals surface area contributed by atoms with E-state index in [4.69, 9.17) is 0 Å². The Kier molecular flexibility index (Phi) is 3.90. The van der Waals surface area contributed by atoms with E-state index in [0.29, 0.717) is 0 Å². The molecule has 1 heterocycles. The third-order valence-electron chi connectivity index (χ3n) is 3.99. The number of benzene rings is 2. The fourth-order valence-electron chi connectivity index (χ4n) is 2.83. The van der Waals surface area contributed by atoms with Gasteiger partial charge in [-0.15, -0.1) is 0 Å². The lowest BCUT2D eigenvalue weighted by Gasteiger charge is -2.18. The molecule has 0 amide bonds. The first-order chi connectivity index (χ1) is 11.0. The molecule has 4 heteroatoms. The molecule has 2 aromatic carbocycles. The van der Waals surface area contributed by atoms with Crippen molar-refractivity contribution in [3.8, 4) is 11.3 Å². The molecule has 1 aromatic heterocycles. The number of fused-ring (bicyclic) bond motifs is 1. The molecule has 118 valence electrons. The van der Waals surface area contributed by atoms with E-state index < -0.39 is 0 Å². The summed E-state index contributed by atoms with van der Waals surface area (Å²) in [6.07, 6.45) is 0. The van der Waals surface area contributed by atoms with Gasteiger partial charge in [-0.3, -0.25) is 4.57 Å². The maximum atomic E-state index is 12.5. The van der Waals surface area contributed by atoms with Crippen molar-refractivity contribution in [3.63, 3.8) is 0 Å². The maximum Gasteiger partial charge on any atom is 0.348 e. The van der Waals surface area contributed by atoms with Crippen molar-refractivity contribution < 1.29 is 0 Å². The van der Waals surface area contributed by atoms with Crippen LogP contribution in [0.15, 0.2) is 53.3 Å². The molecule has 3 rings (SSSR count). The molecule has 0 saturated heterocycles. The molecule has 0 atom stereocenters. The fourth-order valence-corrected chi connectivity index (χ4v) is 2.83. The number of rotatable bonds is 3. The van der Waals surface area contributed by atoms with Crippen molar-refractivity contribution in [3.05, 3.63) is 59.0 Å². The van der Waals surface area contributed by atoms with Crippen LogP contribution in [0.5, 0.6) is 0 Å². The van der Waals surface area contributed by atoms with Gasteiger partial charge in [-0.05, 0) is 32.0 Å². The molecule has 0 spiro atoms. The van der Waals surface area contributed by atoms with Crippen LogP contribution in [0.1, 0.15) is 19.9 Å². The van der Waals surface area contributed by atoms with Crippen molar-refractivity contribution in [2.24, 2.45) is 0 Å². The normalized spacial score (nSPS) is 11.2. The average molecular weight is 307 g/mol. The van der Waals surface area contributed by atoms with Crippen molar-refractivity contribution in [2.75, 3.05) is 19.0 Å². The van der Waals surface area contributed by atoms with Crippen molar-refractivity contribution in [2.45, 2.75) is 19.9 Å². The average Bonchev–Trinajstić information content (AvgIpc) is 2.54. The first-order valence-corrected chi connectivity index (χ1v) is 7.78. The van der Waals surface area contributed by atoms with Crippen LogP contribution in [-0.4, -0.2) is 23.6 Å². The third kappa shape index (κ3) is 2.72. The Bertz CT molecular complexity index is 896. The van der Waals surface area contributed by atoms with E-state index >= 15 is 0 Å². The molecule has 0 saturated carbocycles. The topological polar surface area (TPSA) is 38.1 Å². The van der Waals surface area contributed by atoms with E-state index in [1.807, 2.05) is 70.4 Å². The van der Waals surface area contributed by atoms with Crippen molar-refractivity contribution >= 4 is 16.6 Å². The first-order valence-electron chi connectivity index (χ1n) is 7.78. The molecule has 0 radical (unpaired) electrons. The second-order valence-corrected chi connectivity index (χ2v) is 6.17. The highest BCUT2D eigenvalue weighted by Crippen LogP contribution is 2.29. The van der Waals surface area contributed by atoms with Gasteiger partial charge in [-0.1, -0.05) is 30.3 Å². The van der Waals surface area contributed by atoms with Crippen LogP contribution >= 0.6 is 0 Å². The van der Waals surface area contributed by atoms with Gasteiger partial charge in [-0.25, -0.2) is 4.79 Å². The van der Waals surface area contributed by atoms with Gasteiger partial charge in [0.05, 0.1) is 11.2 Å². The second-order valence-electron chi connectivity index (χ2n) is 6.17. The van der Waals surface area contributed by atoms with Crippen LogP contribution < -0.4 is 10.6 Å². The predicted octanol–water partition coefficient (Wildman–Crippen LogP) is 3.71. The predicted molar refractivity (Wildman–Crippen MR) is 96.2 cm³/mol. The SMILES string of the molecule is CC(C)n1c(=O)nc(-c2ccccc2)c2cc(N(C)C)ccc21. The lowest BCUT2D eigenvalue weighted by atomic mass is 10.1. The highest BCUT2D eigenvalue weighted by Gasteiger charge is 2.14. The Labute approximate surface area is 136 Å². The maximum absolute atomic E-state index is 12.5. The minimum atomic E-state index is -0.205. The summed E-state index contributed by atoms with van der Waals surface area (Å²) < 4.78 is 1.75. The fraction of sp³-hybridized carbons (Fsp3) is 0.263. The molecule has 0 N–H and O–H groups in total. The monoisotopic (exact) mass is 307 g/mol. The number of nitrogens with zero attached hydrogens (tertiary/aromatic N) is 3. The largest absolute Gasteiger partial charge is 0.378 e. The zero-order valence-electron chi connectivity index (χ0n) is 13.9. The molecule has 0 aliphatic heterocycles. The van der Waals surface area contributed by atoms with Gasteiger partial charge < -0.3 is 4.90 Å². The lowest BCUT2D eigenvalue weighted by Crippen LogP contribution is -2.25. The highest BCUT2D eigenvalue weighted by atomic mass is 16.1. The lowest BCUT2D eigenvalue weighted by molar-refractivity contribution is 0.587. The summed E-state index contributed by atoms with van der Waals surface area (Å²) in [7, 11) is 4.02. The van der Waals surface area contributed by atoms with Crippen LogP contribution in [0.2, 0.25) is 0 Å². The molecular weight excluding hydrogens is 286 g/mol. The van der Waals surface area contributed by atoms with Crippen LogP contribution in [-0.2, 0) is 0 Å². The van der Waals surface area contributed by atoms with E-state index in [9.17, 15) is 4.79 Å². The Morgan fingerprint density at radius 2 is 1.74 bits per heavy atom. The molecule has 0 unspecified atom stereocenters. The van der Waals surface area contributed by atoms with E-state index in [-0.39, 0.29) is 11.7 Å². The molecule has 0 bridgehead atoms. The number of hydrogen-bond donors (Lipinski definition) is 0. The summed E-state index contributed by atoms with van der Waals surface area (Å²) >= 11 is 0. The molecule has 23 heavy (non-hydrogen) atoms. The van der Waals surface area contributed by atoms with E-state index in [0.717, 1.165) is 27.8 Å². The quantitative estimate of drug-likeness (QED) is 0.740. The minimum Gasteiger partial charge on any atom is -0.378 e. The summed E-state index contributed by atoms with van der Waals surface area (Å²) in [6.45, 7) is 4.01. The Hall–Kier alpha value is -2.62. The van der Waals surface area contributed by atoms with Gasteiger partial charge in [-0.2, -0.15) is 4.98 Å². The Morgan fingerprint density at radius 1 is 1.04 bits per heavy atom. The second kappa shape index (κ2) is 5.88. The van der Waals surface area contributed by atoms with Crippen LogP contribution in [0.25, 0.3) is 22.2 Å². The van der Waals surface area contributed by atoms with Gasteiger partial charge in [0.2, 0.25) is 0 Å². The molecule has 3 aromatic rings. The minimum absolute atomic E-state index is 0.0625. The summed E-state index contributed by atoms with van der Waals surface area (Å²) in [6, 6.07) is 16.1. The number of aromatic nitrogens is 2. The molecule has 0 fully saturated rings. The number of hydrogen-bond acceptors (Lipinski definition) is 3. The summed E-state index contributed by atoms with van der Waals surface area (Å²) in [5.74, 6) is 0. The van der Waals surface area contributed by atoms with Crippen molar-refractivity contribution in [1.82, 2.24) is 9.55 Å². The Morgan fingerprint density at radius 3 is 2.35 bits per heavy atom. The summed E-state index contributed by atoms with van der Waals surface area (Å²) in [5, 5.41) is 0.996. The number of anilines is 1. The van der Waals surface area contributed by atoms with Gasteiger partial charge in [0.15, 0.2) is 0 Å². The van der Waals surface area contributed by atoms with Gasteiger partial charge >= 0.3 is 5.69 Å². The van der Waals surface area contributed by atoms with Crippen LogP contribution in [0, 0.1) is 0 Å². The molecule has 0 aliphatic carbocycles. The Balaban J connectivity index is 2.42. The third-order valence-corrected chi connectivity index (χ3v) is 3.99. The van der Waals surface area contributed by atoms with E-state index in [1.54, 1.807) is 4.57 Å². The van der Waals surface area contributed by atoms with Gasteiger partial charge in [0.25, 0.3) is 0 Å². The molecule has 4 nitrogen and oxygen atoms in total.